The van der Waals surface area contributed by atoms with Crippen molar-refractivity contribution in [2.24, 2.45) is 11.7 Å². The van der Waals surface area contributed by atoms with E-state index in [9.17, 15) is 0 Å². The summed E-state index contributed by atoms with van der Waals surface area (Å²) in [5.74, 6) is 0.742. The predicted molar refractivity (Wildman–Crippen MR) is 61.5 cm³/mol. The van der Waals surface area contributed by atoms with Gasteiger partial charge < -0.3 is 5.73 Å². The molecule has 0 amide bonds. The Morgan fingerprint density at radius 1 is 1.29 bits per heavy atom. The highest BCUT2D eigenvalue weighted by Crippen LogP contribution is 2.40. The quantitative estimate of drug-likeness (QED) is 0.796. The van der Waals surface area contributed by atoms with Crippen LogP contribution in [0.25, 0.3) is 10.1 Å². The molecule has 72 valence electrons. The van der Waals surface area contributed by atoms with Gasteiger partial charge in [-0.3, -0.25) is 0 Å². The maximum Gasteiger partial charge on any atom is 0.0342 e. The fourth-order valence-corrected chi connectivity index (χ4v) is 2.69. The zero-order valence-corrected chi connectivity index (χ0v) is 8.76. The Bertz CT molecular complexity index is 456. The molecule has 2 heteroatoms. The Hall–Kier alpha value is -0.860. The van der Waals surface area contributed by atoms with Crippen LogP contribution in [0.2, 0.25) is 0 Å². The van der Waals surface area contributed by atoms with E-state index in [-0.39, 0.29) is 6.04 Å². The Morgan fingerprint density at radius 3 is 2.93 bits per heavy atom. The Morgan fingerprint density at radius 2 is 2.14 bits per heavy atom. The molecule has 1 aromatic heterocycles. The van der Waals surface area contributed by atoms with Gasteiger partial charge in [0.2, 0.25) is 0 Å². The lowest BCUT2D eigenvalue weighted by molar-refractivity contribution is 0.634. The normalized spacial score (nSPS) is 18.6. The molecule has 0 radical (unpaired) electrons. The topological polar surface area (TPSA) is 26.0 Å². The van der Waals surface area contributed by atoms with Crippen LogP contribution in [0.4, 0.5) is 0 Å². The average molecular weight is 203 g/mol. The van der Waals surface area contributed by atoms with Gasteiger partial charge in [0.15, 0.2) is 0 Å². The summed E-state index contributed by atoms with van der Waals surface area (Å²) in [5.41, 5.74) is 7.47. The lowest BCUT2D eigenvalue weighted by atomic mass is 10.0. The van der Waals surface area contributed by atoms with Crippen LogP contribution in [0.3, 0.4) is 0 Å². The van der Waals surface area contributed by atoms with Crippen LogP contribution in [0.5, 0.6) is 0 Å². The van der Waals surface area contributed by atoms with Crippen LogP contribution < -0.4 is 5.73 Å². The summed E-state index contributed by atoms with van der Waals surface area (Å²) in [7, 11) is 0. The van der Waals surface area contributed by atoms with Crippen LogP contribution in [0.1, 0.15) is 24.4 Å². The third-order valence-corrected chi connectivity index (χ3v) is 3.89. The van der Waals surface area contributed by atoms with Crippen molar-refractivity contribution in [3.63, 3.8) is 0 Å². The second-order valence-corrected chi connectivity index (χ2v) is 5.03. The molecule has 1 aromatic carbocycles. The molecular formula is C12H13NS. The first-order valence-electron chi connectivity index (χ1n) is 5.07. The highest BCUT2D eigenvalue weighted by molar-refractivity contribution is 7.17. The maximum absolute atomic E-state index is 6.16. The number of benzene rings is 1. The smallest absolute Gasteiger partial charge is 0.0342 e. The summed E-state index contributed by atoms with van der Waals surface area (Å²) < 4.78 is 1.36. The van der Waals surface area contributed by atoms with E-state index in [2.05, 4.69) is 29.6 Å². The van der Waals surface area contributed by atoms with E-state index < -0.39 is 0 Å². The van der Waals surface area contributed by atoms with E-state index in [1.165, 1.54) is 28.5 Å². The fraction of sp³-hybridized carbons (Fsp3) is 0.333. The number of hydrogen-bond donors (Lipinski definition) is 1. The molecule has 0 bridgehead atoms. The fourth-order valence-electron chi connectivity index (χ4n) is 1.92. The summed E-state index contributed by atoms with van der Waals surface area (Å²) >= 11 is 1.79. The molecule has 1 fully saturated rings. The molecule has 1 saturated carbocycles. The van der Waals surface area contributed by atoms with Crippen molar-refractivity contribution in [2.45, 2.75) is 18.9 Å². The van der Waals surface area contributed by atoms with Gasteiger partial charge in [-0.1, -0.05) is 6.07 Å². The first kappa shape index (κ1) is 8.45. The van der Waals surface area contributed by atoms with Crippen molar-refractivity contribution in [3.05, 3.63) is 35.2 Å². The molecule has 1 heterocycles. The summed E-state index contributed by atoms with van der Waals surface area (Å²) in [6.07, 6.45) is 2.62. The van der Waals surface area contributed by atoms with E-state index in [1.807, 2.05) is 0 Å². The molecule has 1 aliphatic carbocycles. The van der Waals surface area contributed by atoms with Gasteiger partial charge in [0, 0.05) is 10.7 Å². The van der Waals surface area contributed by atoms with Crippen LogP contribution >= 0.6 is 11.3 Å². The standard InChI is InChI=1S/C12H13NS/c13-12(8-1-2-8)10-3-4-11-9(7-10)5-6-14-11/h3-8,12H,1-2,13H2/t12-/m0/s1. The molecule has 0 saturated heterocycles. The molecular weight excluding hydrogens is 190 g/mol. The second kappa shape index (κ2) is 3.07. The van der Waals surface area contributed by atoms with Crippen molar-refractivity contribution in [3.8, 4) is 0 Å². The van der Waals surface area contributed by atoms with E-state index in [4.69, 9.17) is 5.73 Å². The lowest BCUT2D eigenvalue weighted by Crippen LogP contribution is -2.11. The minimum atomic E-state index is 0.263. The average Bonchev–Trinajstić information content (AvgIpc) is 2.95. The van der Waals surface area contributed by atoms with E-state index >= 15 is 0 Å². The van der Waals surface area contributed by atoms with Gasteiger partial charge >= 0.3 is 0 Å². The molecule has 14 heavy (non-hydrogen) atoms. The highest BCUT2D eigenvalue weighted by Gasteiger charge is 2.29. The zero-order chi connectivity index (χ0) is 9.54. The molecule has 0 aliphatic heterocycles. The van der Waals surface area contributed by atoms with E-state index in [1.54, 1.807) is 11.3 Å². The van der Waals surface area contributed by atoms with Gasteiger partial charge in [0.1, 0.15) is 0 Å². The van der Waals surface area contributed by atoms with Gasteiger partial charge in [-0.2, -0.15) is 0 Å². The van der Waals surface area contributed by atoms with Gasteiger partial charge in [0.05, 0.1) is 0 Å². The van der Waals surface area contributed by atoms with Gasteiger partial charge in [-0.25, -0.2) is 0 Å². The SMILES string of the molecule is N[C@H](c1ccc2sccc2c1)C1CC1. The summed E-state index contributed by atoms with van der Waals surface area (Å²) in [5, 5.41) is 3.47. The monoisotopic (exact) mass is 203 g/mol. The first-order chi connectivity index (χ1) is 6.84. The molecule has 2 N–H and O–H groups in total. The van der Waals surface area contributed by atoms with Crippen molar-refractivity contribution < 1.29 is 0 Å². The molecule has 0 spiro atoms. The van der Waals surface area contributed by atoms with Crippen LogP contribution in [0, 0.1) is 5.92 Å². The molecule has 3 rings (SSSR count). The third kappa shape index (κ3) is 1.35. The lowest BCUT2D eigenvalue weighted by Gasteiger charge is -2.10. The molecule has 1 nitrogen and oxygen atoms in total. The minimum Gasteiger partial charge on any atom is -0.324 e. The van der Waals surface area contributed by atoms with Crippen molar-refractivity contribution in [2.75, 3.05) is 0 Å². The van der Waals surface area contributed by atoms with Crippen LogP contribution in [-0.2, 0) is 0 Å². The molecule has 2 aromatic rings. The van der Waals surface area contributed by atoms with Crippen LogP contribution in [-0.4, -0.2) is 0 Å². The van der Waals surface area contributed by atoms with E-state index in [0.29, 0.717) is 0 Å². The number of hydrogen-bond acceptors (Lipinski definition) is 2. The summed E-state index contributed by atoms with van der Waals surface area (Å²) in [6.45, 7) is 0. The first-order valence-corrected chi connectivity index (χ1v) is 5.95. The molecule has 1 atom stereocenters. The van der Waals surface area contributed by atoms with Crippen LogP contribution in [0.15, 0.2) is 29.6 Å². The van der Waals surface area contributed by atoms with E-state index in [0.717, 1.165) is 5.92 Å². The second-order valence-electron chi connectivity index (χ2n) is 4.08. The summed E-state index contributed by atoms with van der Waals surface area (Å²) in [6, 6.07) is 9.05. The molecule has 1 aliphatic rings. The predicted octanol–water partition coefficient (Wildman–Crippen LogP) is 3.31. The van der Waals surface area contributed by atoms with Gasteiger partial charge in [-0.05, 0) is 53.3 Å². The Balaban J connectivity index is 2.03. The number of thiophene rings is 1. The summed E-state index contributed by atoms with van der Waals surface area (Å²) in [4.78, 5) is 0. The Kier molecular flexibility index (Phi) is 1.85. The Labute approximate surface area is 87.5 Å². The zero-order valence-electron chi connectivity index (χ0n) is 7.94. The number of nitrogens with two attached hydrogens (primary N) is 1. The molecule has 0 unspecified atom stereocenters. The third-order valence-electron chi connectivity index (χ3n) is 2.99. The maximum atomic E-state index is 6.16. The van der Waals surface area contributed by atoms with Crippen molar-refractivity contribution in [1.82, 2.24) is 0 Å². The number of rotatable bonds is 2. The minimum absolute atomic E-state index is 0.263. The highest BCUT2D eigenvalue weighted by atomic mass is 32.1. The largest absolute Gasteiger partial charge is 0.324 e. The van der Waals surface area contributed by atoms with Crippen molar-refractivity contribution in [1.29, 1.82) is 0 Å². The number of fused-ring (bicyclic) bond motifs is 1. The van der Waals surface area contributed by atoms with Gasteiger partial charge in [-0.15, -0.1) is 11.3 Å². The van der Waals surface area contributed by atoms with Crippen molar-refractivity contribution >= 4 is 21.4 Å². The van der Waals surface area contributed by atoms with Gasteiger partial charge in [0.25, 0.3) is 0 Å².